The number of nitrogens with one attached hydrogen (secondary N) is 1. The van der Waals surface area contributed by atoms with Crippen LogP contribution in [0.15, 0.2) is 24.3 Å². The first-order chi connectivity index (χ1) is 9.67. The van der Waals surface area contributed by atoms with Crippen LogP contribution in [0.25, 0.3) is 0 Å². The second-order valence-electron chi connectivity index (χ2n) is 4.44. The molecule has 1 aliphatic rings. The zero-order valence-electron chi connectivity index (χ0n) is 11.3. The summed E-state index contributed by atoms with van der Waals surface area (Å²) < 4.78 is 15.1. The smallest absolute Gasteiger partial charge is 0.407 e. The highest BCUT2D eigenvalue weighted by atomic mass is 16.6. The number of hydrogen-bond acceptors (Lipinski definition) is 5. The summed E-state index contributed by atoms with van der Waals surface area (Å²) in [7, 11) is 1.38. The van der Waals surface area contributed by atoms with Crippen molar-refractivity contribution in [1.29, 1.82) is 0 Å². The van der Waals surface area contributed by atoms with Crippen molar-refractivity contribution in [2.75, 3.05) is 20.3 Å². The van der Waals surface area contributed by atoms with Crippen LogP contribution < -0.4 is 10.1 Å². The SMILES string of the molecule is COC(=O)CCc1ccc(OCC2CNC(=O)O2)cc1. The summed E-state index contributed by atoms with van der Waals surface area (Å²) in [5, 5.41) is 2.56. The van der Waals surface area contributed by atoms with Crippen molar-refractivity contribution in [1.82, 2.24) is 5.32 Å². The molecule has 1 aliphatic heterocycles. The van der Waals surface area contributed by atoms with Crippen molar-refractivity contribution in [3.05, 3.63) is 29.8 Å². The molecule has 6 heteroatoms. The highest BCUT2D eigenvalue weighted by Gasteiger charge is 2.22. The van der Waals surface area contributed by atoms with Gasteiger partial charge in [-0.15, -0.1) is 0 Å². The zero-order valence-corrected chi connectivity index (χ0v) is 11.3. The van der Waals surface area contributed by atoms with Crippen LogP contribution in [0.3, 0.4) is 0 Å². The van der Waals surface area contributed by atoms with E-state index in [1.807, 2.05) is 24.3 Å². The summed E-state index contributed by atoms with van der Waals surface area (Å²) in [6.07, 6.45) is 0.343. The van der Waals surface area contributed by atoms with Crippen LogP contribution in [-0.2, 0) is 20.7 Å². The van der Waals surface area contributed by atoms with Crippen molar-refractivity contribution >= 4 is 12.1 Å². The molecule has 1 aromatic carbocycles. The molecule has 1 saturated heterocycles. The summed E-state index contributed by atoms with van der Waals surface area (Å²) in [6, 6.07) is 7.46. The van der Waals surface area contributed by atoms with Crippen molar-refractivity contribution in [3.63, 3.8) is 0 Å². The average molecular weight is 279 g/mol. The van der Waals surface area contributed by atoms with Crippen LogP contribution in [0.5, 0.6) is 5.75 Å². The Bertz CT molecular complexity index is 471. The van der Waals surface area contributed by atoms with Crippen LogP contribution in [0.1, 0.15) is 12.0 Å². The van der Waals surface area contributed by atoms with Crippen molar-refractivity contribution in [3.8, 4) is 5.75 Å². The van der Waals surface area contributed by atoms with E-state index in [9.17, 15) is 9.59 Å². The van der Waals surface area contributed by atoms with Gasteiger partial charge in [-0.1, -0.05) is 12.1 Å². The van der Waals surface area contributed by atoms with E-state index in [1.54, 1.807) is 0 Å². The first-order valence-electron chi connectivity index (χ1n) is 6.40. The van der Waals surface area contributed by atoms with E-state index in [1.165, 1.54) is 7.11 Å². The van der Waals surface area contributed by atoms with Crippen LogP contribution in [0.4, 0.5) is 4.79 Å². The predicted octanol–water partition coefficient (Wildman–Crippen LogP) is 1.28. The largest absolute Gasteiger partial charge is 0.490 e. The molecule has 108 valence electrons. The molecule has 1 heterocycles. The summed E-state index contributed by atoms with van der Waals surface area (Å²) in [6.45, 7) is 0.788. The molecule has 0 aromatic heterocycles. The summed E-state index contributed by atoms with van der Waals surface area (Å²) in [5.41, 5.74) is 1.04. The molecule has 0 aliphatic carbocycles. The Balaban J connectivity index is 1.76. The molecule has 1 N–H and O–H groups in total. The Kier molecular flexibility index (Phi) is 4.81. The van der Waals surface area contributed by atoms with Gasteiger partial charge in [0, 0.05) is 6.42 Å². The van der Waals surface area contributed by atoms with E-state index in [-0.39, 0.29) is 12.1 Å². The van der Waals surface area contributed by atoms with E-state index in [0.29, 0.717) is 31.7 Å². The lowest BCUT2D eigenvalue weighted by Crippen LogP contribution is -2.21. The van der Waals surface area contributed by atoms with Gasteiger partial charge in [-0.2, -0.15) is 0 Å². The monoisotopic (exact) mass is 279 g/mol. The quantitative estimate of drug-likeness (QED) is 0.794. The lowest BCUT2D eigenvalue weighted by Gasteiger charge is -2.10. The minimum absolute atomic E-state index is 0.221. The third kappa shape index (κ3) is 4.15. The van der Waals surface area contributed by atoms with Gasteiger partial charge in [-0.3, -0.25) is 4.79 Å². The normalized spacial score (nSPS) is 17.2. The number of alkyl carbamates (subject to hydrolysis) is 1. The molecule has 1 unspecified atom stereocenters. The third-order valence-electron chi connectivity index (χ3n) is 2.95. The number of cyclic esters (lactones) is 1. The lowest BCUT2D eigenvalue weighted by molar-refractivity contribution is -0.140. The van der Waals surface area contributed by atoms with Crippen LogP contribution in [0, 0.1) is 0 Å². The molecule has 1 amide bonds. The van der Waals surface area contributed by atoms with E-state index >= 15 is 0 Å². The maximum Gasteiger partial charge on any atom is 0.407 e. The Morgan fingerprint density at radius 3 is 2.75 bits per heavy atom. The number of carbonyl (C=O) groups excluding carboxylic acids is 2. The second kappa shape index (κ2) is 6.79. The van der Waals surface area contributed by atoms with Crippen molar-refractivity contribution < 1.29 is 23.8 Å². The van der Waals surface area contributed by atoms with Gasteiger partial charge < -0.3 is 19.5 Å². The topological polar surface area (TPSA) is 73.9 Å². The number of aryl methyl sites for hydroxylation is 1. The Morgan fingerprint density at radius 1 is 1.40 bits per heavy atom. The standard InChI is InChI=1S/C14H17NO5/c1-18-13(16)7-4-10-2-5-11(6-3-10)19-9-12-8-15-14(17)20-12/h2-3,5-6,12H,4,7-9H2,1H3,(H,15,17). The number of hydrogen-bond donors (Lipinski definition) is 1. The van der Waals surface area contributed by atoms with E-state index in [4.69, 9.17) is 9.47 Å². The summed E-state index contributed by atoms with van der Waals surface area (Å²) in [4.78, 5) is 21.9. The summed E-state index contributed by atoms with van der Waals surface area (Å²) in [5.74, 6) is 0.482. The number of carbonyl (C=O) groups is 2. The Hall–Kier alpha value is -2.24. The van der Waals surface area contributed by atoms with Gasteiger partial charge in [-0.05, 0) is 24.1 Å². The first-order valence-corrected chi connectivity index (χ1v) is 6.40. The van der Waals surface area contributed by atoms with Gasteiger partial charge in [0.25, 0.3) is 0 Å². The fourth-order valence-corrected chi connectivity index (χ4v) is 1.81. The molecule has 0 bridgehead atoms. The van der Waals surface area contributed by atoms with E-state index in [2.05, 4.69) is 10.1 Å². The van der Waals surface area contributed by atoms with Crippen LogP contribution >= 0.6 is 0 Å². The van der Waals surface area contributed by atoms with Crippen LogP contribution in [0.2, 0.25) is 0 Å². The highest BCUT2D eigenvalue weighted by molar-refractivity contribution is 5.69. The fraction of sp³-hybridized carbons (Fsp3) is 0.429. The van der Waals surface area contributed by atoms with Crippen molar-refractivity contribution in [2.45, 2.75) is 18.9 Å². The molecule has 1 atom stereocenters. The first kappa shape index (κ1) is 14.2. The van der Waals surface area contributed by atoms with Gasteiger partial charge >= 0.3 is 12.1 Å². The zero-order chi connectivity index (χ0) is 14.4. The molecule has 0 radical (unpaired) electrons. The van der Waals surface area contributed by atoms with E-state index < -0.39 is 6.09 Å². The van der Waals surface area contributed by atoms with Crippen molar-refractivity contribution in [2.24, 2.45) is 0 Å². The number of esters is 1. The molecular weight excluding hydrogens is 262 g/mol. The van der Waals surface area contributed by atoms with E-state index in [0.717, 1.165) is 5.56 Å². The molecule has 20 heavy (non-hydrogen) atoms. The molecule has 6 nitrogen and oxygen atoms in total. The van der Waals surface area contributed by atoms with Gasteiger partial charge in [0.1, 0.15) is 12.4 Å². The number of rotatable bonds is 6. The number of amides is 1. The second-order valence-corrected chi connectivity index (χ2v) is 4.44. The number of methoxy groups -OCH3 is 1. The number of benzene rings is 1. The minimum atomic E-state index is -0.406. The fourth-order valence-electron chi connectivity index (χ4n) is 1.81. The average Bonchev–Trinajstić information content (AvgIpc) is 2.89. The maximum atomic E-state index is 11.0. The molecule has 0 spiro atoms. The van der Waals surface area contributed by atoms with Gasteiger partial charge in [-0.25, -0.2) is 4.79 Å². The molecule has 0 saturated carbocycles. The number of ether oxygens (including phenoxy) is 3. The molecule has 2 rings (SSSR count). The molecule has 1 fully saturated rings. The Morgan fingerprint density at radius 2 is 2.15 bits per heavy atom. The lowest BCUT2D eigenvalue weighted by atomic mass is 10.1. The third-order valence-corrected chi connectivity index (χ3v) is 2.95. The molecule has 1 aromatic rings. The highest BCUT2D eigenvalue weighted by Crippen LogP contribution is 2.14. The minimum Gasteiger partial charge on any atom is -0.490 e. The van der Waals surface area contributed by atoms with Crippen LogP contribution in [-0.4, -0.2) is 38.4 Å². The maximum absolute atomic E-state index is 11.0. The van der Waals surface area contributed by atoms with Gasteiger partial charge in [0.15, 0.2) is 6.10 Å². The predicted molar refractivity (Wildman–Crippen MR) is 70.5 cm³/mol. The Labute approximate surface area is 117 Å². The van der Waals surface area contributed by atoms with Gasteiger partial charge in [0.2, 0.25) is 0 Å². The molecular formula is C14H17NO5. The van der Waals surface area contributed by atoms with Gasteiger partial charge in [0.05, 0.1) is 13.7 Å². The summed E-state index contributed by atoms with van der Waals surface area (Å²) >= 11 is 0.